The van der Waals surface area contributed by atoms with E-state index in [1.807, 2.05) is 0 Å². The van der Waals surface area contributed by atoms with Gasteiger partial charge in [-0.05, 0) is 12.1 Å². The lowest BCUT2D eigenvalue weighted by molar-refractivity contribution is -0.234. The molecule has 2 aliphatic rings. The molecule has 0 bridgehead atoms. The average molecular weight is 547 g/mol. The van der Waals surface area contributed by atoms with E-state index in [0.717, 1.165) is 21.5 Å². The Kier molecular flexibility index (Phi) is 7.25. The molecule has 9 atom stereocenters. The van der Waals surface area contributed by atoms with Crippen molar-refractivity contribution in [3.63, 3.8) is 0 Å². The van der Waals surface area contributed by atoms with Gasteiger partial charge in [0.1, 0.15) is 41.7 Å². The number of hydrogen-bond donors (Lipinski definition) is 7. The van der Waals surface area contributed by atoms with Gasteiger partial charge in [-0.3, -0.25) is 13.7 Å². The summed E-state index contributed by atoms with van der Waals surface area (Å²) in [5, 5.41) is 42.3. The van der Waals surface area contributed by atoms with E-state index in [0.29, 0.717) is 0 Å². The average Bonchev–Trinajstić information content (AvgIpc) is 3.22. The van der Waals surface area contributed by atoms with Gasteiger partial charge in [-0.1, -0.05) is 0 Å². The summed E-state index contributed by atoms with van der Waals surface area (Å²) in [5.41, 5.74) is 6.76. The van der Waals surface area contributed by atoms with E-state index in [1.165, 1.54) is 12.1 Å². The minimum absolute atomic E-state index is 0.108. The molecule has 37 heavy (non-hydrogen) atoms. The summed E-state index contributed by atoms with van der Waals surface area (Å²) in [5.74, 6) is -0.271. The second kappa shape index (κ2) is 9.84. The van der Waals surface area contributed by atoms with Crippen LogP contribution in [0.5, 0.6) is 0 Å². The Labute approximate surface area is 206 Å². The fourth-order valence-electron chi connectivity index (χ4n) is 4.42. The number of aliphatic hydroxyl groups excluding tert-OH is 4. The summed E-state index contributed by atoms with van der Waals surface area (Å²) in [6.45, 7) is -1.08. The Morgan fingerprint density at radius 1 is 1.03 bits per heavy atom. The van der Waals surface area contributed by atoms with Crippen molar-refractivity contribution >= 4 is 19.5 Å². The molecular weight excluding hydrogens is 523 g/mol. The Hall–Kier alpha value is -2.77. The van der Waals surface area contributed by atoms with Crippen LogP contribution in [-0.2, 0) is 18.6 Å². The number of phosphoric acid groups is 1. The summed E-state index contributed by atoms with van der Waals surface area (Å²) in [7, 11) is -5.57. The molecule has 0 spiro atoms. The van der Waals surface area contributed by atoms with Crippen molar-refractivity contribution in [3.8, 4) is 0 Å². The molecular formula is C18H24N6O12P-. The van der Waals surface area contributed by atoms with Gasteiger partial charge in [-0.2, -0.15) is 9.97 Å². The third-order valence-corrected chi connectivity index (χ3v) is 6.62. The molecule has 9 unspecified atom stereocenters. The van der Waals surface area contributed by atoms with Crippen LogP contribution >= 0.6 is 7.82 Å². The van der Waals surface area contributed by atoms with Gasteiger partial charge in [0.15, 0.2) is 12.5 Å². The van der Waals surface area contributed by atoms with Gasteiger partial charge >= 0.3 is 11.4 Å². The van der Waals surface area contributed by atoms with Gasteiger partial charge in [0.25, 0.3) is 7.82 Å². The number of aliphatic hydroxyl groups is 4. The van der Waals surface area contributed by atoms with Crippen molar-refractivity contribution in [2.75, 3.05) is 18.1 Å². The fraction of sp³-hybridized carbons (Fsp3) is 0.556. The van der Waals surface area contributed by atoms with Gasteiger partial charge in [-0.15, -0.1) is 0 Å². The van der Waals surface area contributed by atoms with Gasteiger partial charge in [0, 0.05) is 18.8 Å². The van der Waals surface area contributed by atoms with E-state index in [9.17, 15) is 44.4 Å². The molecule has 2 aromatic heterocycles. The van der Waals surface area contributed by atoms with Crippen LogP contribution in [0, 0.1) is 0 Å². The minimum Gasteiger partial charge on any atom is -0.756 e. The normalized spacial score (nSPS) is 35.5. The second-order valence-electron chi connectivity index (χ2n) is 8.55. The number of nitrogen functional groups attached to an aromatic ring is 2. The van der Waals surface area contributed by atoms with E-state index in [2.05, 4.69) is 14.5 Å². The molecule has 2 fully saturated rings. The summed E-state index contributed by atoms with van der Waals surface area (Å²) in [6.07, 6.45) is -10.5. The molecule has 0 radical (unpaired) electrons. The zero-order chi connectivity index (χ0) is 27.3. The molecule has 0 aliphatic carbocycles. The largest absolute Gasteiger partial charge is 0.756 e. The van der Waals surface area contributed by atoms with Crippen LogP contribution in [0.15, 0.2) is 34.1 Å². The molecule has 19 heteroatoms. The van der Waals surface area contributed by atoms with Crippen molar-refractivity contribution in [1.82, 2.24) is 19.1 Å². The van der Waals surface area contributed by atoms with Crippen LogP contribution in [0.2, 0.25) is 0 Å². The van der Waals surface area contributed by atoms with Crippen LogP contribution in [0.25, 0.3) is 0 Å². The number of rotatable bonds is 7. The molecule has 9 N–H and O–H groups in total. The Bertz CT molecular complexity index is 1320. The first-order valence-corrected chi connectivity index (χ1v) is 12.2. The first-order valence-electron chi connectivity index (χ1n) is 10.7. The highest BCUT2D eigenvalue weighted by molar-refractivity contribution is 7.44. The molecule has 2 saturated heterocycles. The molecule has 4 heterocycles. The number of phosphoric ester groups is 1. The van der Waals surface area contributed by atoms with Crippen LogP contribution in [0.4, 0.5) is 11.6 Å². The monoisotopic (exact) mass is 547 g/mol. The van der Waals surface area contributed by atoms with Crippen LogP contribution < -0.4 is 27.7 Å². The zero-order valence-electron chi connectivity index (χ0n) is 18.7. The van der Waals surface area contributed by atoms with E-state index in [4.69, 9.17) is 20.9 Å². The highest BCUT2D eigenvalue weighted by Crippen LogP contribution is 2.48. The topological polar surface area (TPSA) is 291 Å². The van der Waals surface area contributed by atoms with Crippen molar-refractivity contribution in [3.05, 3.63) is 45.5 Å². The molecule has 204 valence electrons. The van der Waals surface area contributed by atoms with Gasteiger partial charge in [-0.25, -0.2) is 9.59 Å². The lowest BCUT2D eigenvalue weighted by Gasteiger charge is -2.36. The van der Waals surface area contributed by atoms with Gasteiger partial charge < -0.3 is 55.7 Å². The second-order valence-corrected chi connectivity index (χ2v) is 9.70. The molecule has 0 saturated carbocycles. The lowest BCUT2D eigenvalue weighted by atomic mass is 9.88. The maximum atomic E-state index is 12.3. The summed E-state index contributed by atoms with van der Waals surface area (Å²) >= 11 is 0. The number of ether oxygens (including phenoxy) is 2. The van der Waals surface area contributed by atoms with Crippen molar-refractivity contribution in [2.45, 2.75) is 55.0 Å². The molecule has 4 rings (SSSR count). The summed E-state index contributed by atoms with van der Waals surface area (Å²) < 4.78 is 29.1. The zero-order valence-corrected chi connectivity index (χ0v) is 19.6. The van der Waals surface area contributed by atoms with E-state index in [-0.39, 0.29) is 11.6 Å². The van der Waals surface area contributed by atoms with E-state index in [1.54, 1.807) is 0 Å². The predicted octanol–water partition coefficient (Wildman–Crippen LogP) is -4.86. The first kappa shape index (κ1) is 27.3. The predicted molar refractivity (Wildman–Crippen MR) is 117 cm³/mol. The molecule has 2 aliphatic heterocycles. The van der Waals surface area contributed by atoms with Crippen molar-refractivity contribution < 1.29 is 48.8 Å². The summed E-state index contributed by atoms with van der Waals surface area (Å²) in [6, 6.07) is 2.42. The number of nitrogens with zero attached hydrogens (tertiary/aromatic N) is 4. The number of anilines is 2. The quantitative estimate of drug-likeness (QED) is 0.160. The van der Waals surface area contributed by atoms with Crippen LogP contribution in [-0.4, -0.2) is 87.1 Å². The van der Waals surface area contributed by atoms with Gasteiger partial charge in [0.05, 0.1) is 12.7 Å². The van der Waals surface area contributed by atoms with Crippen molar-refractivity contribution in [2.24, 2.45) is 0 Å². The molecule has 0 amide bonds. The maximum absolute atomic E-state index is 12.3. The van der Waals surface area contributed by atoms with Crippen LogP contribution in [0.1, 0.15) is 18.9 Å². The standard InChI is InChI=1S/C18H25N6O12P/c19-8-1-3-23(16(29)21-8)14-11(27)10(26)7(34-14)5-18(6-25)13(36-37(31,32)33)12(28)15(35-18)24-4-2-9(20)22-17(24)30/h1-4,7,10-15,25-28H,5-6H2,(H2,19,21,29)(H2,20,22,30)(H2,31,32,33)/p-1. The third-order valence-electron chi connectivity index (χ3n) is 6.13. The molecule has 2 aromatic rings. The van der Waals surface area contributed by atoms with Gasteiger partial charge in [0.2, 0.25) is 0 Å². The smallest absolute Gasteiger partial charge is 0.351 e. The fourth-order valence-corrected chi connectivity index (χ4v) is 5.03. The summed E-state index contributed by atoms with van der Waals surface area (Å²) in [4.78, 5) is 52.4. The van der Waals surface area contributed by atoms with E-state index >= 15 is 0 Å². The number of aromatic nitrogens is 4. The number of hydrogen-bond acceptors (Lipinski definition) is 15. The third kappa shape index (κ3) is 5.16. The first-order chi connectivity index (χ1) is 17.3. The Morgan fingerprint density at radius 2 is 1.57 bits per heavy atom. The molecule has 18 nitrogen and oxygen atoms in total. The Morgan fingerprint density at radius 3 is 2.05 bits per heavy atom. The van der Waals surface area contributed by atoms with Crippen LogP contribution in [0.3, 0.4) is 0 Å². The Balaban J connectivity index is 1.69. The maximum Gasteiger partial charge on any atom is 0.351 e. The lowest BCUT2D eigenvalue weighted by Crippen LogP contribution is -2.51. The highest BCUT2D eigenvalue weighted by atomic mass is 31.2. The van der Waals surface area contributed by atoms with E-state index < -0.39 is 80.8 Å². The SMILES string of the molecule is Nc1ccn(C2OC(CC3(CO)OC(n4ccc(N)nc4=O)C(O)C3OP(=O)([O-])O)C(O)C2O)c(=O)n1. The number of nitrogens with two attached hydrogens (primary N) is 2. The highest BCUT2D eigenvalue weighted by Gasteiger charge is 2.60. The van der Waals surface area contributed by atoms with Crippen molar-refractivity contribution in [1.29, 1.82) is 0 Å². The minimum atomic E-state index is -5.57. The molecule has 0 aromatic carbocycles.